The summed E-state index contributed by atoms with van der Waals surface area (Å²) in [6.45, 7) is 11.0. The van der Waals surface area contributed by atoms with Crippen LogP contribution in [0.3, 0.4) is 0 Å². The second kappa shape index (κ2) is 18.7. The second-order valence-corrected chi connectivity index (χ2v) is 14.3. The second-order valence-electron chi connectivity index (χ2n) is 13.6. The van der Waals surface area contributed by atoms with Gasteiger partial charge in [-0.15, -0.1) is 0 Å². The lowest BCUT2D eigenvalue weighted by atomic mass is 9.98. The Bertz CT molecular complexity index is 2080. The molecule has 0 unspecified atom stereocenters. The molecule has 55 heavy (non-hydrogen) atoms. The van der Waals surface area contributed by atoms with E-state index in [-0.39, 0.29) is 11.9 Å². The predicted molar refractivity (Wildman–Crippen MR) is 219 cm³/mol. The number of halogens is 2. The molecular weight excluding hydrogens is 735 g/mol. The van der Waals surface area contributed by atoms with E-state index in [4.69, 9.17) is 47.6 Å². The van der Waals surface area contributed by atoms with Crippen molar-refractivity contribution in [1.29, 1.82) is 0 Å². The van der Waals surface area contributed by atoms with Gasteiger partial charge in [0.1, 0.15) is 11.4 Å². The third kappa shape index (κ3) is 9.36. The number of piperidine rings is 1. The minimum absolute atomic E-state index is 0.0729. The first-order chi connectivity index (χ1) is 26.7. The maximum Gasteiger partial charge on any atom is 0.253 e. The Labute approximate surface area is 333 Å². The number of aromatic nitrogens is 4. The number of carbonyl (C=O) groups is 1. The fourth-order valence-electron chi connectivity index (χ4n) is 6.98. The number of carbonyl (C=O) groups excluding carboxylic acids is 1. The first-order valence-corrected chi connectivity index (χ1v) is 19.3. The van der Waals surface area contributed by atoms with Gasteiger partial charge < -0.3 is 30.3 Å². The van der Waals surface area contributed by atoms with Crippen LogP contribution in [0.2, 0.25) is 10.0 Å². The largest absolute Gasteiger partial charge is 0.480 e. The first kappa shape index (κ1) is 39.9. The number of allylic oxidation sites excluding steroid dienone is 3. The Kier molecular flexibility index (Phi) is 13.5. The molecule has 2 fully saturated rings. The average molecular weight is 784 g/mol. The van der Waals surface area contributed by atoms with E-state index in [1.54, 1.807) is 26.6 Å². The molecule has 1 atom stereocenters. The maximum absolute atomic E-state index is 12.9. The van der Waals surface area contributed by atoms with Crippen molar-refractivity contribution in [2.24, 2.45) is 0 Å². The smallest absolute Gasteiger partial charge is 0.253 e. The van der Waals surface area contributed by atoms with Crippen molar-refractivity contribution in [3.63, 3.8) is 0 Å². The van der Waals surface area contributed by atoms with Crippen LogP contribution in [0.1, 0.15) is 50.9 Å². The lowest BCUT2D eigenvalue weighted by Gasteiger charge is -2.32. The van der Waals surface area contributed by atoms with E-state index in [1.807, 2.05) is 73.4 Å². The molecule has 0 spiro atoms. The van der Waals surface area contributed by atoms with Crippen LogP contribution < -0.4 is 25.4 Å². The van der Waals surface area contributed by atoms with E-state index in [0.717, 1.165) is 54.6 Å². The van der Waals surface area contributed by atoms with Gasteiger partial charge in [-0.05, 0) is 39.5 Å². The van der Waals surface area contributed by atoms with Crippen LogP contribution in [-0.4, -0.2) is 76.7 Å². The van der Waals surface area contributed by atoms with Crippen LogP contribution in [0.4, 0.5) is 0 Å². The zero-order valence-corrected chi connectivity index (χ0v) is 33.3. The van der Waals surface area contributed by atoms with E-state index in [1.165, 1.54) is 0 Å². The Morgan fingerprint density at radius 3 is 1.96 bits per heavy atom. The molecule has 2 aliphatic rings. The summed E-state index contributed by atoms with van der Waals surface area (Å²) >= 11 is 14.2. The highest BCUT2D eigenvalue weighted by molar-refractivity contribution is 6.39. The molecule has 0 bridgehead atoms. The van der Waals surface area contributed by atoms with Gasteiger partial charge >= 0.3 is 0 Å². The third-order valence-corrected chi connectivity index (χ3v) is 10.8. The van der Waals surface area contributed by atoms with Gasteiger partial charge in [0.05, 0.1) is 48.0 Å². The number of amides is 1. The molecule has 2 aliphatic heterocycles. The summed E-state index contributed by atoms with van der Waals surface area (Å²) in [5.74, 6) is 0.918. The Hall–Kier alpha value is -4.81. The number of hydrogen-bond acceptors (Lipinski definition) is 10. The van der Waals surface area contributed by atoms with Crippen LogP contribution in [0.15, 0.2) is 84.9 Å². The van der Waals surface area contributed by atoms with Gasteiger partial charge in [-0.2, -0.15) is 0 Å². The number of rotatable bonds is 14. The monoisotopic (exact) mass is 782 g/mol. The fraction of sp³-hybridized carbons (Fsp3) is 0.357. The molecule has 0 aliphatic carbocycles. The molecule has 6 rings (SSSR count). The molecule has 13 heteroatoms. The molecule has 2 saturated heterocycles. The SMILES string of the molecule is C=C1CC[C@@H](CNCc2ncc(-c3cccc(-c4cccc(-c5cnc(CNC6CCN(C(=O)C(/C=C\C)=C/C)CC6)c(OC)n5)c4Cl)c3Cl)nc2OC)N1. The Morgan fingerprint density at radius 2 is 1.45 bits per heavy atom. The molecule has 4 aromatic rings. The van der Waals surface area contributed by atoms with E-state index in [2.05, 4.69) is 27.5 Å². The molecule has 11 nitrogen and oxygen atoms in total. The summed E-state index contributed by atoms with van der Waals surface area (Å²) in [6, 6.07) is 12.1. The first-order valence-electron chi connectivity index (χ1n) is 18.6. The van der Waals surface area contributed by atoms with Crippen molar-refractivity contribution < 1.29 is 14.3 Å². The highest BCUT2D eigenvalue weighted by atomic mass is 35.5. The highest BCUT2D eigenvalue weighted by Gasteiger charge is 2.25. The van der Waals surface area contributed by atoms with Gasteiger partial charge in [0.2, 0.25) is 11.8 Å². The average Bonchev–Trinajstić information content (AvgIpc) is 3.63. The molecule has 4 heterocycles. The van der Waals surface area contributed by atoms with Gasteiger partial charge in [0.25, 0.3) is 5.91 Å². The van der Waals surface area contributed by atoms with Gasteiger partial charge in [0, 0.05) is 78.3 Å². The minimum Gasteiger partial charge on any atom is -0.480 e. The van der Waals surface area contributed by atoms with Crippen LogP contribution in [0.25, 0.3) is 33.6 Å². The number of likely N-dealkylation sites (tertiary alicyclic amines) is 1. The fourth-order valence-corrected chi connectivity index (χ4v) is 7.63. The van der Waals surface area contributed by atoms with Crippen molar-refractivity contribution in [3.05, 3.63) is 106 Å². The van der Waals surface area contributed by atoms with Gasteiger partial charge in [0.15, 0.2) is 0 Å². The van der Waals surface area contributed by atoms with Crippen LogP contribution in [0.5, 0.6) is 11.8 Å². The van der Waals surface area contributed by atoms with Crippen LogP contribution >= 0.6 is 23.2 Å². The van der Waals surface area contributed by atoms with Crippen LogP contribution in [0, 0.1) is 0 Å². The molecule has 0 radical (unpaired) electrons. The van der Waals surface area contributed by atoms with Crippen molar-refractivity contribution in [1.82, 2.24) is 40.8 Å². The topological polar surface area (TPSA) is 126 Å². The van der Waals surface area contributed by atoms with Gasteiger partial charge in [-0.1, -0.05) is 84.4 Å². The van der Waals surface area contributed by atoms with E-state index < -0.39 is 0 Å². The minimum atomic E-state index is 0.0729. The molecule has 2 aromatic heterocycles. The normalized spacial score (nSPS) is 16.5. The summed E-state index contributed by atoms with van der Waals surface area (Å²) in [7, 11) is 3.17. The van der Waals surface area contributed by atoms with Gasteiger partial charge in [-0.3, -0.25) is 14.8 Å². The number of nitrogens with one attached hydrogen (secondary N) is 3. The third-order valence-electron chi connectivity index (χ3n) is 9.98. The number of methoxy groups -OCH3 is 2. The molecular formula is C42H48Cl2N8O3. The van der Waals surface area contributed by atoms with Crippen LogP contribution in [-0.2, 0) is 17.9 Å². The molecule has 288 valence electrons. The maximum atomic E-state index is 12.9. The zero-order valence-electron chi connectivity index (χ0n) is 31.8. The number of benzene rings is 2. The number of ether oxygens (including phenoxy) is 2. The molecule has 2 aromatic carbocycles. The lowest BCUT2D eigenvalue weighted by molar-refractivity contribution is -0.127. The van der Waals surface area contributed by atoms with Crippen molar-refractivity contribution in [3.8, 4) is 45.4 Å². The predicted octanol–water partition coefficient (Wildman–Crippen LogP) is 7.55. The Balaban J connectivity index is 1.14. The lowest BCUT2D eigenvalue weighted by Crippen LogP contribution is -2.45. The summed E-state index contributed by atoms with van der Waals surface area (Å²) in [6.07, 6.45) is 12.8. The van der Waals surface area contributed by atoms with E-state index >= 15 is 0 Å². The van der Waals surface area contributed by atoms with E-state index in [0.29, 0.717) is 87.9 Å². The summed E-state index contributed by atoms with van der Waals surface area (Å²) in [5.41, 5.74) is 7.21. The molecule has 1 amide bonds. The zero-order chi connectivity index (χ0) is 38.9. The van der Waals surface area contributed by atoms with E-state index in [9.17, 15) is 4.79 Å². The number of nitrogens with zero attached hydrogens (tertiary/aromatic N) is 5. The van der Waals surface area contributed by atoms with Crippen molar-refractivity contribution >= 4 is 29.1 Å². The van der Waals surface area contributed by atoms with Crippen molar-refractivity contribution in [2.75, 3.05) is 33.9 Å². The summed E-state index contributed by atoms with van der Waals surface area (Å²) in [5, 5.41) is 11.4. The van der Waals surface area contributed by atoms with Gasteiger partial charge in [-0.25, -0.2) is 9.97 Å². The molecule has 3 N–H and O–H groups in total. The summed E-state index contributed by atoms with van der Waals surface area (Å²) < 4.78 is 11.3. The highest BCUT2D eigenvalue weighted by Crippen LogP contribution is 2.42. The molecule has 0 saturated carbocycles. The number of hydrogen-bond donors (Lipinski definition) is 3. The standard InChI is InChI=1S/C42H48Cl2N8O3/c1-6-10-27(7-2)42(53)52-19-17-28(18-20-52)46-25-37-41(55-5)51-35(24-48-37)33-14-9-12-31(39(33)44)30-11-8-13-32(38(30)43)34-23-47-36(40(50-34)54-4)22-45-21-29-16-15-26(3)49-29/h6-14,23-24,28-29,45-46,49H,3,15-22,25H2,1-2,4-5H3/b10-6-,27-7+/t29-/m0/s1. The summed E-state index contributed by atoms with van der Waals surface area (Å²) in [4.78, 5) is 33.8. The quantitative estimate of drug-likeness (QED) is 0.0872. The van der Waals surface area contributed by atoms with Crippen molar-refractivity contribution in [2.45, 2.75) is 64.7 Å². The Morgan fingerprint density at radius 1 is 0.891 bits per heavy atom.